The Morgan fingerprint density at radius 2 is 1.76 bits per heavy atom. The van der Waals surface area contributed by atoms with Crippen LogP contribution >= 0.6 is 15.9 Å². The smallest absolute Gasteiger partial charge is 0.170 e. The summed E-state index contributed by atoms with van der Waals surface area (Å²) in [5.74, 6) is 0. The Morgan fingerprint density at radius 1 is 1.18 bits per heavy atom. The largest absolute Gasteiger partial charge is 0.398 e. The van der Waals surface area contributed by atoms with Crippen molar-refractivity contribution >= 4 is 15.9 Å². The summed E-state index contributed by atoms with van der Waals surface area (Å²) < 4.78 is 40.8. The van der Waals surface area contributed by atoms with Gasteiger partial charge in [0.2, 0.25) is 0 Å². The summed E-state index contributed by atoms with van der Waals surface area (Å²) in [6.07, 6.45) is -3.65. The number of hydrogen-bond donors (Lipinski definition) is 0. The highest BCUT2D eigenvalue weighted by Gasteiger charge is 2.57. The van der Waals surface area contributed by atoms with Crippen LogP contribution in [0.25, 0.3) is 0 Å². The molecule has 0 spiro atoms. The number of alkyl halides is 3. The molecule has 2 rings (SSSR count). The Kier molecular flexibility index (Phi) is 3.10. The van der Waals surface area contributed by atoms with E-state index in [1.165, 1.54) is 0 Å². The van der Waals surface area contributed by atoms with Crippen LogP contribution in [0, 0.1) is 0 Å². The topological polar surface area (TPSA) is 0 Å². The molecular formula is C13H12BrF3. The van der Waals surface area contributed by atoms with E-state index >= 15 is 0 Å². The molecule has 0 aromatic heterocycles. The molecule has 1 aromatic carbocycles. The summed E-state index contributed by atoms with van der Waals surface area (Å²) in [5, 5.41) is 0. The van der Waals surface area contributed by atoms with Crippen LogP contribution in [0.3, 0.4) is 0 Å². The van der Waals surface area contributed by atoms with E-state index in [1.807, 2.05) is 0 Å². The van der Waals surface area contributed by atoms with Gasteiger partial charge in [0.15, 0.2) is 0 Å². The molecule has 0 aliphatic heterocycles. The predicted octanol–water partition coefficient (Wildman–Crippen LogP) is 4.99. The van der Waals surface area contributed by atoms with Crippen molar-refractivity contribution in [3.05, 3.63) is 46.5 Å². The number of benzene rings is 1. The first-order valence-corrected chi connectivity index (χ1v) is 6.14. The monoisotopic (exact) mass is 304 g/mol. The minimum Gasteiger partial charge on any atom is -0.170 e. The minimum absolute atomic E-state index is 0.0120. The van der Waals surface area contributed by atoms with E-state index in [0.717, 1.165) is 4.47 Å². The van der Waals surface area contributed by atoms with Gasteiger partial charge in [0, 0.05) is 4.47 Å². The zero-order valence-corrected chi connectivity index (χ0v) is 10.7. The Balaban J connectivity index is 2.48. The lowest BCUT2D eigenvalue weighted by Crippen LogP contribution is -2.39. The zero-order chi connectivity index (χ0) is 12.7. The molecule has 1 unspecified atom stereocenters. The molecule has 0 amide bonds. The van der Waals surface area contributed by atoms with Gasteiger partial charge >= 0.3 is 6.18 Å². The molecule has 92 valence electrons. The highest BCUT2D eigenvalue weighted by molar-refractivity contribution is 9.10. The van der Waals surface area contributed by atoms with Crippen molar-refractivity contribution in [3.8, 4) is 0 Å². The van der Waals surface area contributed by atoms with Crippen LogP contribution < -0.4 is 0 Å². The van der Waals surface area contributed by atoms with Gasteiger partial charge in [-0.05, 0) is 37.0 Å². The normalized spacial score (nSPS) is 25.3. The highest BCUT2D eigenvalue weighted by Crippen LogP contribution is 2.53. The van der Waals surface area contributed by atoms with Crippen molar-refractivity contribution in [1.82, 2.24) is 0 Å². The van der Waals surface area contributed by atoms with Crippen LogP contribution in [-0.4, -0.2) is 6.18 Å². The van der Waals surface area contributed by atoms with E-state index in [9.17, 15) is 13.2 Å². The van der Waals surface area contributed by atoms with Gasteiger partial charge in [0.1, 0.15) is 0 Å². The molecule has 1 saturated carbocycles. The average molecular weight is 305 g/mol. The number of rotatable bonds is 1. The summed E-state index contributed by atoms with van der Waals surface area (Å²) in [6.45, 7) is 3.70. The second-order valence-electron chi connectivity index (χ2n) is 4.51. The lowest BCUT2D eigenvalue weighted by atomic mass is 9.78. The number of hydrogen-bond acceptors (Lipinski definition) is 0. The average Bonchev–Trinajstić information content (AvgIpc) is 2.62. The summed E-state index contributed by atoms with van der Waals surface area (Å²) >= 11 is 3.24. The summed E-state index contributed by atoms with van der Waals surface area (Å²) in [4.78, 5) is 0. The van der Waals surface area contributed by atoms with Gasteiger partial charge in [-0.25, -0.2) is 0 Å². The van der Waals surface area contributed by atoms with Crippen LogP contribution in [0.15, 0.2) is 40.9 Å². The quantitative estimate of drug-likeness (QED) is 0.641. The first-order valence-electron chi connectivity index (χ1n) is 5.35. The Morgan fingerprint density at radius 3 is 2.18 bits per heavy atom. The predicted molar refractivity (Wildman–Crippen MR) is 64.9 cm³/mol. The molecule has 1 aliphatic rings. The molecule has 1 atom stereocenters. The Bertz CT molecular complexity index is 433. The van der Waals surface area contributed by atoms with Crippen molar-refractivity contribution < 1.29 is 13.2 Å². The molecule has 17 heavy (non-hydrogen) atoms. The SMILES string of the molecule is C=C1CCC(c2ccc(Br)cc2)(C(F)(F)F)C1. The fourth-order valence-corrected chi connectivity index (χ4v) is 2.68. The van der Waals surface area contributed by atoms with E-state index in [0.29, 0.717) is 17.6 Å². The Labute approximate surface area is 107 Å². The summed E-state index contributed by atoms with van der Waals surface area (Å²) in [7, 11) is 0. The maximum atomic E-state index is 13.3. The summed E-state index contributed by atoms with van der Waals surface area (Å²) in [5.41, 5.74) is -0.706. The lowest BCUT2D eigenvalue weighted by Gasteiger charge is -2.32. The Hall–Kier alpha value is -0.770. The minimum atomic E-state index is -4.22. The maximum absolute atomic E-state index is 13.3. The standard InChI is InChI=1S/C13H12BrF3/c1-9-6-7-12(8-9,13(15,16)17)10-2-4-11(14)5-3-10/h2-5H,1,6-8H2. The van der Waals surface area contributed by atoms with E-state index in [1.54, 1.807) is 24.3 Å². The number of allylic oxidation sites excluding steroid dienone is 1. The maximum Gasteiger partial charge on any atom is 0.398 e. The van der Waals surface area contributed by atoms with Gasteiger partial charge in [-0.1, -0.05) is 40.2 Å². The van der Waals surface area contributed by atoms with Crippen molar-refractivity contribution in [2.45, 2.75) is 30.9 Å². The third kappa shape index (κ3) is 2.15. The van der Waals surface area contributed by atoms with Crippen molar-refractivity contribution in [2.75, 3.05) is 0 Å². The molecule has 0 saturated heterocycles. The number of halogens is 4. The molecule has 1 aliphatic carbocycles. The van der Waals surface area contributed by atoms with Gasteiger partial charge in [0.05, 0.1) is 5.41 Å². The molecule has 0 radical (unpaired) electrons. The van der Waals surface area contributed by atoms with E-state index < -0.39 is 11.6 Å². The second kappa shape index (κ2) is 4.16. The van der Waals surface area contributed by atoms with Gasteiger partial charge in [0.25, 0.3) is 0 Å². The van der Waals surface area contributed by atoms with Crippen LogP contribution in [0.5, 0.6) is 0 Å². The van der Waals surface area contributed by atoms with Crippen molar-refractivity contribution in [3.63, 3.8) is 0 Å². The molecule has 0 nitrogen and oxygen atoms in total. The van der Waals surface area contributed by atoms with E-state index in [2.05, 4.69) is 22.5 Å². The van der Waals surface area contributed by atoms with Crippen molar-refractivity contribution in [1.29, 1.82) is 0 Å². The fourth-order valence-electron chi connectivity index (χ4n) is 2.41. The first-order chi connectivity index (χ1) is 7.85. The van der Waals surface area contributed by atoms with E-state index in [4.69, 9.17) is 0 Å². The van der Waals surface area contributed by atoms with Crippen LogP contribution in [0.1, 0.15) is 24.8 Å². The fraction of sp³-hybridized carbons (Fsp3) is 0.385. The third-order valence-electron chi connectivity index (χ3n) is 3.40. The van der Waals surface area contributed by atoms with Crippen LogP contribution in [0.2, 0.25) is 0 Å². The van der Waals surface area contributed by atoms with Gasteiger partial charge < -0.3 is 0 Å². The van der Waals surface area contributed by atoms with E-state index in [-0.39, 0.29) is 12.8 Å². The molecule has 0 N–H and O–H groups in total. The van der Waals surface area contributed by atoms with Crippen LogP contribution in [0.4, 0.5) is 13.2 Å². The molecule has 4 heteroatoms. The van der Waals surface area contributed by atoms with Gasteiger partial charge in [-0.2, -0.15) is 13.2 Å². The molecule has 0 heterocycles. The summed E-state index contributed by atoms with van der Waals surface area (Å²) in [6, 6.07) is 6.42. The first kappa shape index (κ1) is 12.7. The lowest BCUT2D eigenvalue weighted by molar-refractivity contribution is -0.188. The van der Waals surface area contributed by atoms with Gasteiger partial charge in [-0.15, -0.1) is 0 Å². The third-order valence-corrected chi connectivity index (χ3v) is 3.93. The van der Waals surface area contributed by atoms with Gasteiger partial charge in [-0.3, -0.25) is 0 Å². The van der Waals surface area contributed by atoms with Crippen molar-refractivity contribution in [2.24, 2.45) is 0 Å². The molecule has 1 aromatic rings. The molecular weight excluding hydrogens is 293 g/mol. The highest BCUT2D eigenvalue weighted by atomic mass is 79.9. The molecule has 1 fully saturated rings. The zero-order valence-electron chi connectivity index (χ0n) is 9.15. The second-order valence-corrected chi connectivity index (χ2v) is 5.43. The van der Waals surface area contributed by atoms with Crippen LogP contribution in [-0.2, 0) is 5.41 Å². The molecule has 0 bridgehead atoms.